The summed E-state index contributed by atoms with van der Waals surface area (Å²) in [4.78, 5) is 2.33. The van der Waals surface area contributed by atoms with Gasteiger partial charge in [0.2, 0.25) is 0 Å². The van der Waals surface area contributed by atoms with Crippen LogP contribution in [0.3, 0.4) is 0 Å². The van der Waals surface area contributed by atoms with Crippen molar-refractivity contribution in [2.45, 2.75) is 37.3 Å². The summed E-state index contributed by atoms with van der Waals surface area (Å²) in [6.07, 6.45) is 3.38. The first-order chi connectivity index (χ1) is 8.68. The Balaban J connectivity index is 1.97. The first-order valence-electron chi connectivity index (χ1n) is 7.08. The maximum atomic E-state index is 10.3. The highest BCUT2D eigenvalue weighted by Crippen LogP contribution is 2.51. The van der Waals surface area contributed by atoms with Gasteiger partial charge >= 0.3 is 0 Å². The lowest BCUT2D eigenvalue weighted by molar-refractivity contribution is -0.0620. The van der Waals surface area contributed by atoms with Crippen molar-refractivity contribution in [3.63, 3.8) is 0 Å². The minimum absolute atomic E-state index is 0.0869. The van der Waals surface area contributed by atoms with Crippen molar-refractivity contribution in [1.82, 2.24) is 4.90 Å². The number of fused-ring (bicyclic) bond motifs is 3. The summed E-state index contributed by atoms with van der Waals surface area (Å²) in [5, 5.41) is 10.3. The third-order valence-corrected chi connectivity index (χ3v) is 5.00. The van der Waals surface area contributed by atoms with Gasteiger partial charge in [0.1, 0.15) is 0 Å². The molecule has 0 heterocycles. The van der Waals surface area contributed by atoms with Crippen molar-refractivity contribution in [3.05, 3.63) is 35.9 Å². The van der Waals surface area contributed by atoms with Gasteiger partial charge in [0.05, 0.1) is 6.10 Å². The van der Waals surface area contributed by atoms with Crippen LogP contribution in [0.15, 0.2) is 30.3 Å². The summed E-state index contributed by atoms with van der Waals surface area (Å²) >= 11 is 0. The van der Waals surface area contributed by atoms with Crippen LogP contribution in [-0.4, -0.2) is 36.2 Å². The molecule has 3 aliphatic rings. The lowest BCUT2D eigenvalue weighted by atomic mass is 9.58. The second-order valence-electron chi connectivity index (χ2n) is 6.20. The third-order valence-electron chi connectivity index (χ3n) is 5.00. The van der Waals surface area contributed by atoms with Crippen LogP contribution in [0.1, 0.15) is 30.7 Å². The van der Waals surface area contributed by atoms with Crippen LogP contribution in [-0.2, 0) is 0 Å². The fourth-order valence-electron chi connectivity index (χ4n) is 4.32. The highest BCUT2D eigenvalue weighted by Gasteiger charge is 2.49. The van der Waals surface area contributed by atoms with Gasteiger partial charge in [-0.2, -0.15) is 0 Å². The summed E-state index contributed by atoms with van der Waals surface area (Å²) in [5.41, 5.74) is 1.46. The summed E-state index contributed by atoms with van der Waals surface area (Å²) in [6.45, 7) is 0. The van der Waals surface area contributed by atoms with Crippen LogP contribution >= 0.6 is 0 Å². The lowest BCUT2D eigenvalue weighted by Gasteiger charge is -2.53. The minimum atomic E-state index is -0.0869. The van der Waals surface area contributed by atoms with E-state index >= 15 is 0 Å². The Morgan fingerprint density at radius 2 is 1.83 bits per heavy atom. The van der Waals surface area contributed by atoms with Crippen molar-refractivity contribution in [1.29, 1.82) is 0 Å². The zero-order chi connectivity index (χ0) is 12.7. The number of nitrogens with zero attached hydrogens (tertiary/aromatic N) is 1. The zero-order valence-electron chi connectivity index (χ0n) is 11.3. The maximum Gasteiger partial charge on any atom is 0.0586 e. The average Bonchev–Trinajstić information content (AvgIpc) is 2.39. The Hall–Kier alpha value is -0.860. The number of likely N-dealkylation sites (N-methyl/N-ethyl adjacent to an activating group) is 1. The van der Waals surface area contributed by atoms with Gasteiger partial charge in [-0.15, -0.1) is 0 Å². The Kier molecular flexibility index (Phi) is 3.16. The molecule has 1 N–H and O–H groups in total. The quantitative estimate of drug-likeness (QED) is 0.865. The van der Waals surface area contributed by atoms with E-state index in [9.17, 15) is 5.11 Å². The highest BCUT2D eigenvalue weighted by molar-refractivity contribution is 5.25. The summed E-state index contributed by atoms with van der Waals surface area (Å²) in [6, 6.07) is 11.4. The van der Waals surface area contributed by atoms with Gasteiger partial charge in [-0.05, 0) is 44.8 Å². The van der Waals surface area contributed by atoms with E-state index in [-0.39, 0.29) is 6.10 Å². The Morgan fingerprint density at radius 3 is 2.44 bits per heavy atom. The monoisotopic (exact) mass is 245 g/mol. The van der Waals surface area contributed by atoms with Gasteiger partial charge in [-0.3, -0.25) is 0 Å². The molecule has 0 radical (unpaired) electrons. The summed E-state index contributed by atoms with van der Waals surface area (Å²) in [7, 11) is 4.32. The lowest BCUT2D eigenvalue weighted by Crippen LogP contribution is -2.55. The molecule has 0 unspecified atom stereocenters. The fourth-order valence-corrected chi connectivity index (χ4v) is 4.32. The van der Waals surface area contributed by atoms with Crippen LogP contribution in [0.5, 0.6) is 0 Å². The number of aliphatic hydroxyl groups excluding tert-OH is 1. The molecule has 1 aromatic rings. The van der Waals surface area contributed by atoms with Gasteiger partial charge in [0, 0.05) is 17.9 Å². The van der Waals surface area contributed by atoms with E-state index in [1.807, 2.05) is 0 Å². The van der Waals surface area contributed by atoms with Crippen LogP contribution in [0.25, 0.3) is 0 Å². The molecule has 4 rings (SSSR count). The summed E-state index contributed by atoms with van der Waals surface area (Å²) in [5.74, 6) is 1.71. The molecule has 3 saturated carbocycles. The second kappa shape index (κ2) is 4.67. The van der Waals surface area contributed by atoms with E-state index in [1.165, 1.54) is 18.4 Å². The van der Waals surface area contributed by atoms with Crippen molar-refractivity contribution < 1.29 is 5.11 Å². The van der Waals surface area contributed by atoms with Gasteiger partial charge in [0.15, 0.2) is 0 Å². The fraction of sp³-hybridized carbons (Fsp3) is 0.625. The van der Waals surface area contributed by atoms with Crippen molar-refractivity contribution in [2.24, 2.45) is 11.8 Å². The highest BCUT2D eigenvalue weighted by atomic mass is 16.3. The molecule has 2 nitrogen and oxygen atoms in total. The second-order valence-corrected chi connectivity index (χ2v) is 6.20. The van der Waals surface area contributed by atoms with Crippen molar-refractivity contribution in [2.75, 3.05) is 14.1 Å². The van der Waals surface area contributed by atoms with Crippen LogP contribution < -0.4 is 0 Å². The first-order valence-corrected chi connectivity index (χ1v) is 7.08. The Labute approximate surface area is 110 Å². The molecule has 3 fully saturated rings. The number of aliphatic hydroxyl groups is 1. The van der Waals surface area contributed by atoms with E-state index in [1.54, 1.807) is 0 Å². The van der Waals surface area contributed by atoms with Crippen LogP contribution in [0.4, 0.5) is 0 Å². The number of rotatable bonds is 2. The number of benzene rings is 1. The molecule has 1 aromatic carbocycles. The molecule has 0 saturated heterocycles. The van der Waals surface area contributed by atoms with Crippen molar-refractivity contribution in [3.8, 4) is 0 Å². The van der Waals surface area contributed by atoms with Gasteiger partial charge < -0.3 is 10.0 Å². The average molecular weight is 245 g/mol. The van der Waals surface area contributed by atoms with Gasteiger partial charge in [-0.1, -0.05) is 30.3 Å². The molecule has 98 valence electrons. The molecular weight excluding hydrogens is 222 g/mol. The molecule has 0 amide bonds. The standard InChI is InChI=1S/C16H23NO/c1-17(2)16-13-9-8-12(10-14(13)18)15(16)11-6-4-3-5-7-11/h3-7,12-16,18H,8-10H2,1-2H3/t12-,13+,14+,15-,16-/m1/s1. The van der Waals surface area contributed by atoms with Crippen LogP contribution in [0.2, 0.25) is 0 Å². The van der Waals surface area contributed by atoms with E-state index in [0.29, 0.717) is 23.8 Å². The normalized spacial score (nSPS) is 39.2. The van der Waals surface area contributed by atoms with Gasteiger partial charge in [0.25, 0.3) is 0 Å². The topological polar surface area (TPSA) is 23.5 Å². The third kappa shape index (κ3) is 1.88. The molecule has 0 spiro atoms. The minimum Gasteiger partial charge on any atom is -0.393 e. The first kappa shape index (κ1) is 12.2. The predicted octanol–water partition coefficient (Wildman–Crippen LogP) is 2.49. The predicted molar refractivity (Wildman–Crippen MR) is 73.5 cm³/mol. The molecule has 0 aromatic heterocycles. The van der Waals surface area contributed by atoms with Crippen LogP contribution in [0, 0.1) is 11.8 Å². The molecule has 2 bridgehead atoms. The smallest absolute Gasteiger partial charge is 0.0586 e. The molecule has 3 aliphatic carbocycles. The van der Waals surface area contributed by atoms with E-state index in [0.717, 1.165) is 6.42 Å². The number of hydrogen-bond acceptors (Lipinski definition) is 2. The molecule has 18 heavy (non-hydrogen) atoms. The van der Waals surface area contributed by atoms with E-state index in [4.69, 9.17) is 0 Å². The Morgan fingerprint density at radius 1 is 1.11 bits per heavy atom. The summed E-state index contributed by atoms with van der Waals surface area (Å²) < 4.78 is 0. The van der Waals surface area contributed by atoms with E-state index in [2.05, 4.69) is 49.3 Å². The zero-order valence-corrected chi connectivity index (χ0v) is 11.3. The van der Waals surface area contributed by atoms with Crippen molar-refractivity contribution >= 4 is 0 Å². The molecule has 2 heteroatoms. The molecule has 5 atom stereocenters. The SMILES string of the molecule is CN(C)[C@@H]1[C@H]2CC[C@H](C[C@@H]2O)[C@H]1c1ccccc1. The largest absolute Gasteiger partial charge is 0.393 e. The Bertz CT molecular complexity index is 403. The molecular formula is C16H23NO. The maximum absolute atomic E-state index is 10.3. The number of hydrogen-bond donors (Lipinski definition) is 1. The van der Waals surface area contributed by atoms with E-state index < -0.39 is 0 Å². The molecule has 0 aliphatic heterocycles. The van der Waals surface area contributed by atoms with Gasteiger partial charge in [-0.25, -0.2) is 0 Å².